The lowest BCUT2D eigenvalue weighted by molar-refractivity contribution is 0.0690. The van der Waals surface area contributed by atoms with Crippen molar-refractivity contribution >= 4 is 11.8 Å². The molecule has 0 atom stereocenters. The van der Waals surface area contributed by atoms with E-state index in [1.807, 2.05) is 31.7 Å². The van der Waals surface area contributed by atoms with Gasteiger partial charge in [0, 0.05) is 30.4 Å². The number of nitrogens with one attached hydrogen (secondary N) is 1. The van der Waals surface area contributed by atoms with Crippen LogP contribution in [0.1, 0.15) is 60.0 Å². The molecule has 2 heterocycles. The van der Waals surface area contributed by atoms with Gasteiger partial charge in [0.25, 0.3) is 11.8 Å². The number of benzene rings is 1. The highest BCUT2D eigenvalue weighted by Gasteiger charge is 2.25. The molecule has 1 aromatic carbocycles. The minimum Gasteiger partial charge on any atom is -0.346 e. The Balaban J connectivity index is 1.59. The molecule has 148 valence electrons. The number of piperidine rings is 1. The quantitative estimate of drug-likeness (QED) is 0.881. The van der Waals surface area contributed by atoms with Crippen molar-refractivity contribution in [2.24, 2.45) is 5.92 Å². The second kappa shape index (κ2) is 8.55. The van der Waals surface area contributed by atoms with Gasteiger partial charge in [-0.25, -0.2) is 0 Å². The number of hydrogen-bond acceptors (Lipinski definition) is 3. The summed E-state index contributed by atoms with van der Waals surface area (Å²) in [6.45, 7) is 7.25. The Morgan fingerprint density at radius 3 is 2.43 bits per heavy atom. The number of nitrogens with zero attached hydrogens (tertiary/aromatic N) is 2. The van der Waals surface area contributed by atoms with Crippen molar-refractivity contribution < 1.29 is 9.59 Å². The fourth-order valence-corrected chi connectivity index (χ4v) is 3.56. The van der Waals surface area contributed by atoms with E-state index in [1.54, 1.807) is 12.1 Å². The van der Waals surface area contributed by atoms with E-state index in [-0.39, 0.29) is 23.0 Å². The average molecular weight is 380 g/mol. The van der Waals surface area contributed by atoms with Gasteiger partial charge in [-0.05, 0) is 63.6 Å². The molecule has 0 radical (unpaired) electrons. The highest BCUT2D eigenvalue weighted by Crippen LogP contribution is 2.23. The predicted octanol–water partition coefficient (Wildman–Crippen LogP) is 3.70. The fraction of sp³-hybridized carbons (Fsp3) is 0.435. The summed E-state index contributed by atoms with van der Waals surface area (Å²) < 4.78 is 0. The van der Waals surface area contributed by atoms with E-state index in [0.29, 0.717) is 11.5 Å². The molecule has 3 rings (SSSR count). The van der Waals surface area contributed by atoms with Gasteiger partial charge in [0.2, 0.25) is 0 Å². The summed E-state index contributed by atoms with van der Waals surface area (Å²) in [4.78, 5) is 31.2. The maximum Gasteiger partial charge on any atom is 0.270 e. The van der Waals surface area contributed by atoms with Crippen LogP contribution in [0.15, 0.2) is 48.7 Å². The molecule has 5 heteroatoms. The molecule has 0 spiro atoms. The first-order valence-electron chi connectivity index (χ1n) is 9.93. The van der Waals surface area contributed by atoms with Crippen molar-refractivity contribution in [2.45, 2.75) is 45.6 Å². The number of carbonyl (C=O) groups excluding carboxylic acids is 2. The third kappa shape index (κ3) is 5.41. The van der Waals surface area contributed by atoms with Crippen LogP contribution in [0.5, 0.6) is 0 Å². The van der Waals surface area contributed by atoms with Gasteiger partial charge < -0.3 is 10.2 Å². The van der Waals surface area contributed by atoms with Crippen LogP contribution in [0.25, 0.3) is 0 Å². The van der Waals surface area contributed by atoms with Crippen LogP contribution in [0, 0.1) is 5.92 Å². The summed E-state index contributed by atoms with van der Waals surface area (Å²) in [6, 6.07) is 13.8. The molecule has 1 aliphatic heterocycles. The first-order chi connectivity index (χ1) is 13.3. The van der Waals surface area contributed by atoms with Gasteiger partial charge in [0.1, 0.15) is 5.69 Å². The Labute approximate surface area is 167 Å². The van der Waals surface area contributed by atoms with Crippen molar-refractivity contribution in [3.8, 4) is 0 Å². The van der Waals surface area contributed by atoms with Crippen LogP contribution >= 0.6 is 0 Å². The lowest BCUT2D eigenvalue weighted by Gasteiger charge is -2.32. The third-order valence-electron chi connectivity index (χ3n) is 5.00. The molecule has 0 bridgehead atoms. The Morgan fingerprint density at radius 2 is 1.79 bits per heavy atom. The summed E-state index contributed by atoms with van der Waals surface area (Å²) in [5, 5.41) is 2.88. The molecular weight excluding hydrogens is 350 g/mol. The zero-order chi connectivity index (χ0) is 20.1. The second-order valence-corrected chi connectivity index (χ2v) is 8.56. The Kier molecular flexibility index (Phi) is 6.12. The van der Waals surface area contributed by atoms with Gasteiger partial charge in [-0.1, -0.05) is 30.3 Å². The molecule has 1 fully saturated rings. The molecule has 28 heavy (non-hydrogen) atoms. The molecule has 5 nitrogen and oxygen atoms in total. The van der Waals surface area contributed by atoms with Gasteiger partial charge in [0.15, 0.2) is 0 Å². The van der Waals surface area contributed by atoms with Gasteiger partial charge >= 0.3 is 0 Å². The number of rotatable bonds is 4. The maximum absolute atomic E-state index is 12.9. The summed E-state index contributed by atoms with van der Waals surface area (Å²) >= 11 is 0. The van der Waals surface area contributed by atoms with Crippen LogP contribution in [0.3, 0.4) is 0 Å². The van der Waals surface area contributed by atoms with E-state index in [4.69, 9.17) is 0 Å². The Hall–Kier alpha value is -2.69. The molecule has 0 saturated carbocycles. The number of aromatic nitrogens is 1. The molecule has 1 aromatic heterocycles. The first-order valence-corrected chi connectivity index (χ1v) is 9.93. The lowest BCUT2D eigenvalue weighted by atomic mass is 9.90. The zero-order valence-corrected chi connectivity index (χ0v) is 16.9. The third-order valence-corrected chi connectivity index (χ3v) is 5.00. The fourth-order valence-electron chi connectivity index (χ4n) is 3.56. The highest BCUT2D eigenvalue weighted by atomic mass is 16.2. The number of hydrogen-bond donors (Lipinski definition) is 1. The van der Waals surface area contributed by atoms with Crippen LogP contribution in [0.4, 0.5) is 0 Å². The number of carbonyl (C=O) groups is 2. The molecule has 0 aliphatic carbocycles. The van der Waals surface area contributed by atoms with Gasteiger partial charge in [-0.15, -0.1) is 0 Å². The van der Waals surface area contributed by atoms with Crippen molar-refractivity contribution in [3.05, 3.63) is 65.5 Å². The molecule has 1 aliphatic rings. The van der Waals surface area contributed by atoms with E-state index in [1.165, 1.54) is 11.8 Å². The Morgan fingerprint density at radius 1 is 1.11 bits per heavy atom. The van der Waals surface area contributed by atoms with E-state index in [0.717, 1.165) is 32.4 Å². The van der Waals surface area contributed by atoms with Crippen LogP contribution < -0.4 is 5.32 Å². The standard InChI is InChI=1S/C23H29N3O2/c1-23(2,3)25-21(27)20-16-19(9-12-24-20)22(28)26-13-10-18(11-14-26)15-17-7-5-4-6-8-17/h4-9,12,16,18H,10-11,13-15H2,1-3H3,(H,25,27). The summed E-state index contributed by atoms with van der Waals surface area (Å²) in [5.74, 6) is 0.325. The van der Waals surface area contributed by atoms with E-state index in [9.17, 15) is 9.59 Å². The second-order valence-electron chi connectivity index (χ2n) is 8.56. The molecule has 0 unspecified atom stereocenters. The first kappa shape index (κ1) is 20.1. The van der Waals surface area contributed by atoms with Crippen molar-refractivity contribution in [2.75, 3.05) is 13.1 Å². The van der Waals surface area contributed by atoms with Crippen molar-refractivity contribution in [1.82, 2.24) is 15.2 Å². The largest absolute Gasteiger partial charge is 0.346 e. The smallest absolute Gasteiger partial charge is 0.270 e. The Bertz CT molecular complexity index is 819. The van der Waals surface area contributed by atoms with Crippen molar-refractivity contribution in [1.29, 1.82) is 0 Å². The summed E-state index contributed by atoms with van der Waals surface area (Å²) in [6.07, 6.45) is 4.61. The minimum atomic E-state index is -0.348. The number of pyridine rings is 1. The minimum absolute atomic E-state index is 0.0228. The SMILES string of the molecule is CC(C)(C)NC(=O)c1cc(C(=O)N2CCC(Cc3ccccc3)CC2)ccn1. The topological polar surface area (TPSA) is 62.3 Å². The van der Waals surface area contributed by atoms with Gasteiger partial charge in [-0.2, -0.15) is 0 Å². The van der Waals surface area contributed by atoms with Crippen LogP contribution in [-0.4, -0.2) is 40.3 Å². The van der Waals surface area contributed by atoms with Gasteiger partial charge in [0.05, 0.1) is 0 Å². The average Bonchev–Trinajstić information content (AvgIpc) is 2.68. The van der Waals surface area contributed by atoms with E-state index >= 15 is 0 Å². The van der Waals surface area contributed by atoms with E-state index in [2.05, 4.69) is 34.6 Å². The normalized spacial score (nSPS) is 15.3. The summed E-state index contributed by atoms with van der Waals surface area (Å²) in [7, 11) is 0. The van der Waals surface area contributed by atoms with Crippen LogP contribution in [-0.2, 0) is 6.42 Å². The maximum atomic E-state index is 12.9. The van der Waals surface area contributed by atoms with Crippen LogP contribution in [0.2, 0.25) is 0 Å². The number of amides is 2. The zero-order valence-electron chi connectivity index (χ0n) is 16.9. The monoisotopic (exact) mass is 379 g/mol. The molecule has 1 saturated heterocycles. The molecular formula is C23H29N3O2. The van der Waals surface area contributed by atoms with Gasteiger partial charge in [-0.3, -0.25) is 14.6 Å². The summed E-state index contributed by atoms with van der Waals surface area (Å²) in [5.41, 5.74) is 1.81. The molecule has 1 N–H and O–H groups in total. The molecule has 2 amide bonds. The number of likely N-dealkylation sites (tertiary alicyclic amines) is 1. The molecule has 2 aromatic rings. The predicted molar refractivity (Wildman–Crippen MR) is 110 cm³/mol. The highest BCUT2D eigenvalue weighted by molar-refractivity contribution is 5.98. The lowest BCUT2D eigenvalue weighted by Crippen LogP contribution is -2.41. The van der Waals surface area contributed by atoms with E-state index < -0.39 is 0 Å². The van der Waals surface area contributed by atoms with Crippen molar-refractivity contribution in [3.63, 3.8) is 0 Å².